The molecule has 0 bridgehead atoms. The Kier molecular flexibility index (Phi) is 5.04. The van der Waals surface area contributed by atoms with Gasteiger partial charge in [0, 0.05) is 12.7 Å². The topological polar surface area (TPSA) is 54.0 Å². The Morgan fingerprint density at radius 1 is 1.29 bits per heavy atom. The van der Waals surface area contributed by atoms with Crippen LogP contribution in [0.2, 0.25) is 10.0 Å². The lowest BCUT2D eigenvalue weighted by Crippen LogP contribution is -2.14. The van der Waals surface area contributed by atoms with Crippen molar-refractivity contribution in [2.75, 3.05) is 17.2 Å². The minimum absolute atomic E-state index is 0.291. The Hall–Kier alpha value is -1.78. The van der Waals surface area contributed by atoms with Crippen LogP contribution >= 0.6 is 23.2 Å². The highest BCUT2D eigenvalue weighted by Gasteiger charge is 2.14. The Balaban J connectivity index is 2.30. The largest absolute Gasteiger partial charge is 0.370 e. The third-order valence-corrected chi connectivity index (χ3v) is 3.53. The van der Waals surface area contributed by atoms with E-state index in [9.17, 15) is 4.79 Å². The van der Waals surface area contributed by atoms with Gasteiger partial charge in [0.05, 0.1) is 21.3 Å². The monoisotopic (exact) mass is 323 g/mol. The summed E-state index contributed by atoms with van der Waals surface area (Å²) in [7, 11) is 0. The van der Waals surface area contributed by atoms with Crippen LogP contribution in [-0.2, 0) is 0 Å². The third-order valence-electron chi connectivity index (χ3n) is 2.92. The zero-order valence-electron chi connectivity index (χ0n) is 11.7. The summed E-state index contributed by atoms with van der Waals surface area (Å²) in [5.74, 6) is 0.278. The number of nitrogens with zero attached hydrogens (tertiary/aromatic N) is 1. The molecule has 4 nitrogen and oxygen atoms in total. The average molecular weight is 324 g/mol. The number of hydrogen-bond acceptors (Lipinski definition) is 3. The van der Waals surface area contributed by atoms with Crippen LogP contribution in [0.4, 0.5) is 11.5 Å². The Morgan fingerprint density at radius 2 is 2.05 bits per heavy atom. The van der Waals surface area contributed by atoms with E-state index in [1.54, 1.807) is 12.1 Å². The predicted molar refractivity (Wildman–Crippen MR) is 87.6 cm³/mol. The summed E-state index contributed by atoms with van der Waals surface area (Å²) >= 11 is 12.2. The number of carbonyl (C=O) groups is 1. The molecule has 1 amide bonds. The summed E-state index contributed by atoms with van der Waals surface area (Å²) in [6, 6.07) is 7.05. The zero-order chi connectivity index (χ0) is 15.4. The van der Waals surface area contributed by atoms with Crippen molar-refractivity contribution in [2.24, 2.45) is 0 Å². The molecule has 2 rings (SSSR count). The van der Waals surface area contributed by atoms with Crippen molar-refractivity contribution < 1.29 is 4.79 Å². The molecule has 0 aliphatic heterocycles. The van der Waals surface area contributed by atoms with Crippen LogP contribution in [0.3, 0.4) is 0 Å². The van der Waals surface area contributed by atoms with Crippen molar-refractivity contribution >= 4 is 40.6 Å². The fourth-order valence-electron chi connectivity index (χ4n) is 1.86. The Labute approximate surface area is 133 Å². The molecule has 2 aromatic rings. The summed E-state index contributed by atoms with van der Waals surface area (Å²) in [5, 5.41) is 6.61. The lowest BCUT2D eigenvalue weighted by Gasteiger charge is -2.12. The zero-order valence-corrected chi connectivity index (χ0v) is 13.2. The number of anilines is 2. The normalized spacial score (nSPS) is 10.3. The SMILES string of the molecule is CCNc1cc(C(=O)Nc2c(C)cccc2Cl)c(Cl)cn1. The van der Waals surface area contributed by atoms with Gasteiger partial charge < -0.3 is 10.6 Å². The molecule has 0 saturated carbocycles. The van der Waals surface area contributed by atoms with E-state index in [-0.39, 0.29) is 5.91 Å². The molecule has 0 aliphatic carbocycles. The number of para-hydroxylation sites is 1. The summed E-state index contributed by atoms with van der Waals surface area (Å²) in [4.78, 5) is 16.5. The molecular weight excluding hydrogens is 309 g/mol. The summed E-state index contributed by atoms with van der Waals surface area (Å²) in [6.45, 7) is 4.53. The van der Waals surface area contributed by atoms with Crippen LogP contribution in [0.1, 0.15) is 22.8 Å². The van der Waals surface area contributed by atoms with E-state index in [4.69, 9.17) is 23.2 Å². The molecule has 21 heavy (non-hydrogen) atoms. The summed E-state index contributed by atoms with van der Waals surface area (Å²) in [6.07, 6.45) is 1.45. The number of benzene rings is 1. The van der Waals surface area contributed by atoms with Crippen molar-refractivity contribution in [1.29, 1.82) is 0 Å². The fraction of sp³-hybridized carbons (Fsp3) is 0.200. The van der Waals surface area contributed by atoms with E-state index in [0.29, 0.717) is 33.7 Å². The van der Waals surface area contributed by atoms with Gasteiger partial charge in [-0.3, -0.25) is 4.79 Å². The second-order valence-corrected chi connectivity index (χ2v) is 5.28. The van der Waals surface area contributed by atoms with Crippen LogP contribution in [0, 0.1) is 6.92 Å². The summed E-state index contributed by atoms with van der Waals surface area (Å²) < 4.78 is 0. The van der Waals surface area contributed by atoms with Crippen LogP contribution in [-0.4, -0.2) is 17.4 Å². The highest BCUT2D eigenvalue weighted by Crippen LogP contribution is 2.27. The van der Waals surface area contributed by atoms with Crippen molar-refractivity contribution in [2.45, 2.75) is 13.8 Å². The first-order chi connectivity index (χ1) is 10.0. The van der Waals surface area contributed by atoms with Crippen molar-refractivity contribution in [3.05, 3.63) is 51.6 Å². The number of amides is 1. The van der Waals surface area contributed by atoms with Crippen LogP contribution < -0.4 is 10.6 Å². The van der Waals surface area contributed by atoms with E-state index in [1.165, 1.54) is 6.20 Å². The Morgan fingerprint density at radius 3 is 2.71 bits per heavy atom. The van der Waals surface area contributed by atoms with E-state index >= 15 is 0 Å². The van der Waals surface area contributed by atoms with Gasteiger partial charge in [-0.2, -0.15) is 0 Å². The highest BCUT2D eigenvalue weighted by atomic mass is 35.5. The molecule has 0 unspecified atom stereocenters. The second-order valence-electron chi connectivity index (χ2n) is 4.47. The molecule has 0 fully saturated rings. The number of rotatable bonds is 4. The summed E-state index contributed by atoms with van der Waals surface area (Å²) in [5.41, 5.74) is 1.82. The average Bonchev–Trinajstić information content (AvgIpc) is 2.45. The first kappa shape index (κ1) is 15.6. The van der Waals surface area contributed by atoms with Gasteiger partial charge >= 0.3 is 0 Å². The quantitative estimate of drug-likeness (QED) is 0.877. The molecule has 0 atom stereocenters. The Bertz CT molecular complexity index is 654. The van der Waals surface area contributed by atoms with E-state index in [0.717, 1.165) is 5.56 Å². The van der Waals surface area contributed by atoms with Crippen LogP contribution in [0.5, 0.6) is 0 Å². The van der Waals surface area contributed by atoms with Gasteiger partial charge in [0.25, 0.3) is 5.91 Å². The highest BCUT2D eigenvalue weighted by molar-refractivity contribution is 6.36. The number of carbonyl (C=O) groups excluding carboxylic acids is 1. The molecular formula is C15H15Cl2N3O. The number of nitrogens with one attached hydrogen (secondary N) is 2. The maximum atomic E-state index is 12.4. The molecule has 1 aromatic heterocycles. The van der Waals surface area contributed by atoms with E-state index in [2.05, 4.69) is 15.6 Å². The van der Waals surface area contributed by atoms with Gasteiger partial charge in [0.1, 0.15) is 5.82 Å². The first-order valence-electron chi connectivity index (χ1n) is 6.48. The second kappa shape index (κ2) is 6.78. The number of aryl methyl sites for hydroxylation is 1. The molecule has 1 heterocycles. The number of pyridine rings is 1. The van der Waals surface area contributed by atoms with Gasteiger partial charge in [-0.25, -0.2) is 4.98 Å². The van der Waals surface area contributed by atoms with Gasteiger partial charge in [0.2, 0.25) is 0 Å². The van der Waals surface area contributed by atoms with Gasteiger partial charge in [-0.15, -0.1) is 0 Å². The van der Waals surface area contributed by atoms with Gasteiger partial charge in [-0.05, 0) is 31.5 Å². The van der Waals surface area contributed by atoms with Gasteiger partial charge in [-0.1, -0.05) is 35.3 Å². The molecule has 6 heteroatoms. The lowest BCUT2D eigenvalue weighted by molar-refractivity contribution is 0.102. The van der Waals surface area contributed by atoms with Crippen LogP contribution in [0.25, 0.3) is 0 Å². The van der Waals surface area contributed by atoms with Crippen molar-refractivity contribution in [3.63, 3.8) is 0 Å². The maximum Gasteiger partial charge on any atom is 0.257 e. The first-order valence-corrected chi connectivity index (χ1v) is 7.24. The molecule has 1 aromatic carbocycles. The minimum atomic E-state index is -0.322. The number of halogens is 2. The molecule has 0 spiro atoms. The minimum Gasteiger partial charge on any atom is -0.370 e. The molecule has 2 N–H and O–H groups in total. The maximum absolute atomic E-state index is 12.4. The predicted octanol–water partition coefficient (Wildman–Crippen LogP) is 4.38. The van der Waals surface area contributed by atoms with E-state index in [1.807, 2.05) is 26.0 Å². The smallest absolute Gasteiger partial charge is 0.257 e. The molecule has 0 saturated heterocycles. The third kappa shape index (κ3) is 3.65. The number of aromatic nitrogens is 1. The molecule has 0 aliphatic rings. The van der Waals surface area contributed by atoms with Gasteiger partial charge in [0.15, 0.2) is 0 Å². The van der Waals surface area contributed by atoms with Crippen molar-refractivity contribution in [1.82, 2.24) is 4.98 Å². The molecule has 110 valence electrons. The number of hydrogen-bond donors (Lipinski definition) is 2. The van der Waals surface area contributed by atoms with E-state index < -0.39 is 0 Å². The van der Waals surface area contributed by atoms with Crippen molar-refractivity contribution in [3.8, 4) is 0 Å². The standard InChI is InChI=1S/C15H15Cl2N3O/c1-3-18-13-7-10(12(17)8-19-13)15(21)20-14-9(2)5-4-6-11(14)16/h4-8H,3H2,1-2H3,(H,18,19)(H,20,21). The fourth-order valence-corrected chi connectivity index (χ4v) is 2.32. The van der Waals surface area contributed by atoms with Crippen LogP contribution in [0.15, 0.2) is 30.5 Å². The lowest BCUT2D eigenvalue weighted by atomic mass is 10.2. The molecule has 0 radical (unpaired) electrons.